The Kier molecular flexibility index (Phi) is 3.64. The number of nitrogens with one attached hydrogen (secondary N) is 1. The second-order valence-corrected chi connectivity index (χ2v) is 5.95. The van der Waals surface area contributed by atoms with E-state index < -0.39 is 0 Å². The third-order valence-corrected chi connectivity index (χ3v) is 4.22. The lowest BCUT2D eigenvalue weighted by atomic mass is 9.95. The predicted molar refractivity (Wildman–Crippen MR) is 86.1 cm³/mol. The maximum Gasteiger partial charge on any atom is 0.162 e. The Morgan fingerprint density at radius 3 is 2.33 bits per heavy atom. The van der Waals surface area contributed by atoms with Gasteiger partial charge in [0, 0.05) is 16.8 Å². The van der Waals surface area contributed by atoms with Crippen LogP contribution in [0.2, 0.25) is 0 Å². The lowest BCUT2D eigenvalue weighted by molar-refractivity contribution is 0.664. The molecule has 2 aromatic rings. The van der Waals surface area contributed by atoms with E-state index in [1.807, 2.05) is 0 Å². The third kappa shape index (κ3) is 2.51. The number of rotatable bonds is 2. The van der Waals surface area contributed by atoms with Crippen molar-refractivity contribution in [2.24, 2.45) is 5.84 Å². The van der Waals surface area contributed by atoms with Gasteiger partial charge in [0.05, 0.1) is 0 Å². The molecule has 0 atom stereocenters. The number of nitrogen functional groups attached to an aromatic ring is 1. The van der Waals surface area contributed by atoms with E-state index >= 15 is 0 Å². The number of benzene rings is 1. The summed E-state index contributed by atoms with van der Waals surface area (Å²) in [6.45, 7) is 6.35. The first-order chi connectivity index (χ1) is 10.1. The first-order valence-corrected chi connectivity index (χ1v) is 7.54. The first kappa shape index (κ1) is 14.0. The molecular formula is C17H22N4. The molecule has 4 heteroatoms. The van der Waals surface area contributed by atoms with Crippen LogP contribution in [0, 0.1) is 20.8 Å². The summed E-state index contributed by atoms with van der Waals surface area (Å²) >= 11 is 0. The molecule has 0 spiro atoms. The average Bonchev–Trinajstić information content (AvgIpc) is 2.45. The molecule has 0 saturated carbocycles. The highest BCUT2D eigenvalue weighted by atomic mass is 15.3. The average molecular weight is 282 g/mol. The zero-order valence-corrected chi connectivity index (χ0v) is 13.0. The zero-order valence-electron chi connectivity index (χ0n) is 13.0. The van der Waals surface area contributed by atoms with Gasteiger partial charge in [-0.15, -0.1) is 0 Å². The predicted octanol–water partition coefficient (Wildman–Crippen LogP) is 3.23. The highest BCUT2D eigenvalue weighted by Gasteiger charge is 2.19. The number of hydrogen-bond acceptors (Lipinski definition) is 4. The van der Waals surface area contributed by atoms with Crippen LogP contribution in [0.4, 0.5) is 5.82 Å². The van der Waals surface area contributed by atoms with Crippen molar-refractivity contribution in [2.75, 3.05) is 5.43 Å². The normalized spacial score (nSPS) is 13.9. The molecule has 0 fully saturated rings. The standard InChI is InChI=1S/C17H22N4/c1-10-8-11(2)15(12(3)9-10)17-19-14-7-5-4-6-13(14)16(20-17)21-18/h8-9H,4-7,18H2,1-3H3,(H,19,20,21). The second-order valence-electron chi connectivity index (χ2n) is 5.95. The minimum atomic E-state index is 0.786. The van der Waals surface area contributed by atoms with Gasteiger partial charge in [-0.25, -0.2) is 15.8 Å². The molecular weight excluding hydrogens is 260 g/mol. The molecule has 110 valence electrons. The Morgan fingerprint density at radius 1 is 1.00 bits per heavy atom. The maximum absolute atomic E-state index is 5.68. The largest absolute Gasteiger partial charge is 0.308 e. The van der Waals surface area contributed by atoms with Crippen LogP contribution < -0.4 is 11.3 Å². The summed E-state index contributed by atoms with van der Waals surface area (Å²) in [5.74, 6) is 7.26. The van der Waals surface area contributed by atoms with Crippen molar-refractivity contribution >= 4 is 5.82 Å². The first-order valence-electron chi connectivity index (χ1n) is 7.54. The number of hydrogen-bond donors (Lipinski definition) is 2. The number of nitrogens with zero attached hydrogens (tertiary/aromatic N) is 2. The van der Waals surface area contributed by atoms with Gasteiger partial charge in [-0.05, 0) is 57.6 Å². The minimum absolute atomic E-state index is 0.786. The van der Waals surface area contributed by atoms with Crippen LogP contribution >= 0.6 is 0 Å². The van der Waals surface area contributed by atoms with Crippen molar-refractivity contribution in [1.29, 1.82) is 0 Å². The molecule has 0 saturated heterocycles. The molecule has 0 unspecified atom stereocenters. The monoisotopic (exact) mass is 282 g/mol. The number of anilines is 1. The van der Waals surface area contributed by atoms with E-state index in [4.69, 9.17) is 10.8 Å². The van der Waals surface area contributed by atoms with Gasteiger partial charge in [-0.1, -0.05) is 17.7 Å². The molecule has 4 nitrogen and oxygen atoms in total. The summed E-state index contributed by atoms with van der Waals surface area (Å²) in [4.78, 5) is 9.52. The van der Waals surface area contributed by atoms with Crippen molar-refractivity contribution in [3.8, 4) is 11.4 Å². The van der Waals surface area contributed by atoms with Crippen LogP contribution in [0.3, 0.4) is 0 Å². The Labute approximate surface area is 125 Å². The fourth-order valence-corrected chi connectivity index (χ4v) is 3.36. The van der Waals surface area contributed by atoms with Crippen molar-refractivity contribution in [3.05, 3.63) is 40.1 Å². The lowest BCUT2D eigenvalue weighted by Crippen LogP contribution is -2.17. The van der Waals surface area contributed by atoms with Crippen molar-refractivity contribution < 1.29 is 0 Å². The quantitative estimate of drug-likeness (QED) is 0.655. The van der Waals surface area contributed by atoms with Crippen molar-refractivity contribution in [2.45, 2.75) is 46.5 Å². The second kappa shape index (κ2) is 5.45. The van der Waals surface area contributed by atoms with E-state index in [0.717, 1.165) is 35.7 Å². The lowest BCUT2D eigenvalue weighted by Gasteiger charge is -2.20. The Hall–Kier alpha value is -1.94. The molecule has 1 aromatic carbocycles. The third-order valence-electron chi connectivity index (χ3n) is 4.22. The number of aryl methyl sites for hydroxylation is 4. The molecule has 0 aliphatic heterocycles. The summed E-state index contributed by atoms with van der Waals surface area (Å²) < 4.78 is 0. The van der Waals surface area contributed by atoms with Gasteiger partial charge in [0.15, 0.2) is 5.82 Å². The van der Waals surface area contributed by atoms with Crippen molar-refractivity contribution in [1.82, 2.24) is 9.97 Å². The Morgan fingerprint density at radius 2 is 1.67 bits per heavy atom. The van der Waals surface area contributed by atoms with Gasteiger partial charge in [-0.2, -0.15) is 0 Å². The summed E-state index contributed by atoms with van der Waals surface area (Å²) in [6.07, 6.45) is 4.41. The van der Waals surface area contributed by atoms with Gasteiger partial charge in [-0.3, -0.25) is 0 Å². The van der Waals surface area contributed by atoms with Gasteiger partial charge in [0.1, 0.15) is 5.82 Å². The molecule has 1 heterocycles. The number of hydrazine groups is 1. The molecule has 3 rings (SSSR count). The van der Waals surface area contributed by atoms with Crippen LogP contribution in [0.25, 0.3) is 11.4 Å². The Bertz CT molecular complexity index is 651. The van der Waals surface area contributed by atoms with E-state index in [2.05, 4.69) is 43.3 Å². The highest BCUT2D eigenvalue weighted by Crippen LogP contribution is 2.31. The fraction of sp³-hybridized carbons (Fsp3) is 0.412. The van der Waals surface area contributed by atoms with Crippen LogP contribution in [-0.4, -0.2) is 9.97 Å². The minimum Gasteiger partial charge on any atom is -0.308 e. The summed E-state index contributed by atoms with van der Waals surface area (Å²) in [5.41, 5.74) is 9.93. The SMILES string of the molecule is Cc1cc(C)c(-c2nc3c(c(NN)n2)CCCC3)c(C)c1. The van der Waals surface area contributed by atoms with Gasteiger partial charge < -0.3 is 5.43 Å². The van der Waals surface area contributed by atoms with Crippen LogP contribution in [0.5, 0.6) is 0 Å². The summed E-state index contributed by atoms with van der Waals surface area (Å²) in [7, 11) is 0. The van der Waals surface area contributed by atoms with Gasteiger partial charge in [0.2, 0.25) is 0 Å². The molecule has 1 aliphatic carbocycles. The van der Waals surface area contributed by atoms with Gasteiger partial charge >= 0.3 is 0 Å². The molecule has 21 heavy (non-hydrogen) atoms. The molecule has 0 bridgehead atoms. The molecule has 0 amide bonds. The molecule has 1 aliphatic rings. The number of fused-ring (bicyclic) bond motifs is 1. The number of nitrogens with two attached hydrogens (primary N) is 1. The molecule has 1 aromatic heterocycles. The van der Waals surface area contributed by atoms with E-state index in [1.54, 1.807) is 0 Å². The zero-order chi connectivity index (χ0) is 15.0. The fourth-order valence-electron chi connectivity index (χ4n) is 3.36. The highest BCUT2D eigenvalue weighted by molar-refractivity contribution is 5.67. The Balaban J connectivity index is 2.20. The van der Waals surface area contributed by atoms with E-state index in [-0.39, 0.29) is 0 Å². The molecule has 0 radical (unpaired) electrons. The topological polar surface area (TPSA) is 63.8 Å². The van der Waals surface area contributed by atoms with Gasteiger partial charge in [0.25, 0.3) is 0 Å². The smallest absolute Gasteiger partial charge is 0.162 e. The number of aromatic nitrogens is 2. The maximum atomic E-state index is 5.68. The van der Waals surface area contributed by atoms with Crippen LogP contribution in [0.15, 0.2) is 12.1 Å². The molecule has 3 N–H and O–H groups in total. The van der Waals surface area contributed by atoms with E-state index in [1.165, 1.54) is 35.1 Å². The van der Waals surface area contributed by atoms with Crippen LogP contribution in [0.1, 0.15) is 40.8 Å². The summed E-state index contributed by atoms with van der Waals surface area (Å²) in [5, 5.41) is 0. The van der Waals surface area contributed by atoms with Crippen molar-refractivity contribution in [3.63, 3.8) is 0 Å². The summed E-state index contributed by atoms with van der Waals surface area (Å²) in [6, 6.07) is 4.36. The van der Waals surface area contributed by atoms with E-state index in [0.29, 0.717) is 0 Å². The van der Waals surface area contributed by atoms with E-state index in [9.17, 15) is 0 Å². The van der Waals surface area contributed by atoms with Crippen LogP contribution in [-0.2, 0) is 12.8 Å².